The Balaban J connectivity index is 2.40. The SMILES string of the molecule is CC(C)c1nn2c(N)c(C#N)cnc2c1-c1ccccc1. The number of nitriles is 1. The van der Waals surface area contributed by atoms with Crippen LogP contribution < -0.4 is 5.73 Å². The molecule has 2 heterocycles. The van der Waals surface area contributed by atoms with Gasteiger partial charge in [0.15, 0.2) is 5.65 Å². The van der Waals surface area contributed by atoms with Gasteiger partial charge in [0.25, 0.3) is 0 Å². The summed E-state index contributed by atoms with van der Waals surface area (Å²) in [6, 6.07) is 12.0. The molecule has 1 aromatic carbocycles. The van der Waals surface area contributed by atoms with Crippen molar-refractivity contribution in [3.63, 3.8) is 0 Å². The second-order valence-electron chi connectivity index (χ2n) is 5.19. The second kappa shape index (κ2) is 4.91. The number of nitrogens with zero attached hydrogens (tertiary/aromatic N) is 4. The molecule has 5 nitrogen and oxygen atoms in total. The molecule has 3 rings (SSSR count). The summed E-state index contributed by atoms with van der Waals surface area (Å²) in [5.74, 6) is 0.554. The summed E-state index contributed by atoms with van der Waals surface area (Å²) >= 11 is 0. The first-order chi connectivity index (χ1) is 10.1. The Morgan fingerprint density at radius 3 is 2.57 bits per heavy atom. The fourth-order valence-electron chi connectivity index (χ4n) is 2.39. The van der Waals surface area contributed by atoms with Crippen LogP contribution in [0.1, 0.15) is 31.0 Å². The maximum atomic E-state index is 9.07. The van der Waals surface area contributed by atoms with Gasteiger partial charge in [-0.25, -0.2) is 4.98 Å². The van der Waals surface area contributed by atoms with Crippen LogP contribution in [0.2, 0.25) is 0 Å². The Kier molecular flexibility index (Phi) is 3.07. The lowest BCUT2D eigenvalue weighted by Gasteiger charge is -2.05. The maximum Gasteiger partial charge on any atom is 0.165 e. The summed E-state index contributed by atoms with van der Waals surface area (Å²) in [4.78, 5) is 4.39. The molecular weight excluding hydrogens is 262 g/mol. The third kappa shape index (κ3) is 2.01. The van der Waals surface area contributed by atoms with Crippen LogP contribution in [0.5, 0.6) is 0 Å². The molecule has 0 atom stereocenters. The number of nitrogens with two attached hydrogens (primary N) is 1. The van der Waals surface area contributed by atoms with E-state index in [9.17, 15) is 0 Å². The Labute approximate surface area is 122 Å². The average Bonchev–Trinajstić information content (AvgIpc) is 2.89. The van der Waals surface area contributed by atoms with Crippen LogP contribution in [0, 0.1) is 11.3 Å². The van der Waals surface area contributed by atoms with Crippen LogP contribution in [-0.4, -0.2) is 14.6 Å². The number of fused-ring (bicyclic) bond motifs is 1. The van der Waals surface area contributed by atoms with Gasteiger partial charge in [0.2, 0.25) is 0 Å². The van der Waals surface area contributed by atoms with E-state index in [1.807, 2.05) is 36.4 Å². The van der Waals surface area contributed by atoms with Crippen molar-refractivity contribution < 1.29 is 0 Å². The molecule has 0 fully saturated rings. The van der Waals surface area contributed by atoms with Crippen molar-refractivity contribution in [1.82, 2.24) is 14.6 Å². The van der Waals surface area contributed by atoms with E-state index in [1.54, 1.807) is 4.52 Å². The van der Waals surface area contributed by atoms with Gasteiger partial charge in [-0.05, 0) is 11.5 Å². The molecule has 0 saturated carbocycles. The molecule has 0 amide bonds. The molecule has 2 aromatic heterocycles. The molecule has 0 saturated heterocycles. The van der Waals surface area contributed by atoms with Crippen molar-refractivity contribution in [2.45, 2.75) is 19.8 Å². The highest BCUT2D eigenvalue weighted by atomic mass is 15.3. The summed E-state index contributed by atoms with van der Waals surface area (Å²) in [6.45, 7) is 4.16. The lowest BCUT2D eigenvalue weighted by molar-refractivity contribution is 0.790. The molecule has 5 heteroatoms. The van der Waals surface area contributed by atoms with Gasteiger partial charge in [0.05, 0.1) is 17.5 Å². The zero-order valence-corrected chi connectivity index (χ0v) is 11.9. The minimum atomic E-state index is 0.229. The fourth-order valence-corrected chi connectivity index (χ4v) is 2.39. The van der Waals surface area contributed by atoms with E-state index in [1.165, 1.54) is 6.20 Å². The highest BCUT2D eigenvalue weighted by Crippen LogP contribution is 2.32. The molecule has 0 bridgehead atoms. The minimum Gasteiger partial charge on any atom is -0.382 e. The lowest BCUT2D eigenvalue weighted by Crippen LogP contribution is -2.03. The highest BCUT2D eigenvalue weighted by molar-refractivity contribution is 5.81. The van der Waals surface area contributed by atoms with Crippen LogP contribution in [0.4, 0.5) is 5.82 Å². The van der Waals surface area contributed by atoms with E-state index in [2.05, 4.69) is 23.9 Å². The first-order valence-corrected chi connectivity index (χ1v) is 6.76. The maximum absolute atomic E-state index is 9.07. The quantitative estimate of drug-likeness (QED) is 0.781. The molecule has 0 aliphatic carbocycles. The smallest absolute Gasteiger partial charge is 0.165 e. The van der Waals surface area contributed by atoms with Crippen LogP contribution in [-0.2, 0) is 0 Å². The van der Waals surface area contributed by atoms with Crippen molar-refractivity contribution in [3.05, 3.63) is 47.8 Å². The van der Waals surface area contributed by atoms with Gasteiger partial charge in [-0.2, -0.15) is 14.9 Å². The minimum absolute atomic E-state index is 0.229. The molecular formula is C16H15N5. The Hall–Kier alpha value is -2.87. The van der Waals surface area contributed by atoms with Crippen LogP contribution in [0.15, 0.2) is 36.5 Å². The van der Waals surface area contributed by atoms with Crippen molar-refractivity contribution in [3.8, 4) is 17.2 Å². The number of nitrogen functional groups attached to an aromatic ring is 1. The number of benzene rings is 1. The lowest BCUT2D eigenvalue weighted by atomic mass is 9.99. The van der Waals surface area contributed by atoms with Crippen molar-refractivity contribution in [2.75, 3.05) is 5.73 Å². The average molecular weight is 277 g/mol. The zero-order chi connectivity index (χ0) is 15.0. The van der Waals surface area contributed by atoms with E-state index in [-0.39, 0.29) is 5.92 Å². The third-order valence-corrected chi connectivity index (χ3v) is 3.44. The first-order valence-electron chi connectivity index (χ1n) is 6.76. The Morgan fingerprint density at radius 1 is 1.24 bits per heavy atom. The number of anilines is 1. The van der Waals surface area contributed by atoms with Gasteiger partial charge in [-0.1, -0.05) is 44.2 Å². The largest absolute Gasteiger partial charge is 0.382 e. The van der Waals surface area contributed by atoms with Crippen molar-refractivity contribution in [2.24, 2.45) is 0 Å². The van der Waals surface area contributed by atoms with E-state index in [0.29, 0.717) is 17.0 Å². The number of hydrogen-bond acceptors (Lipinski definition) is 4. The predicted molar refractivity (Wildman–Crippen MR) is 81.6 cm³/mol. The standard InChI is InChI=1S/C16H15N5/c1-10(2)14-13(11-6-4-3-5-7-11)16-19-9-12(8-17)15(18)21(16)20-14/h3-7,9-10H,18H2,1-2H3. The third-order valence-electron chi connectivity index (χ3n) is 3.44. The number of hydrogen-bond donors (Lipinski definition) is 1. The molecule has 3 aromatic rings. The molecule has 0 spiro atoms. The van der Waals surface area contributed by atoms with Gasteiger partial charge in [-0.3, -0.25) is 0 Å². The fraction of sp³-hybridized carbons (Fsp3) is 0.188. The van der Waals surface area contributed by atoms with Crippen LogP contribution in [0.3, 0.4) is 0 Å². The normalized spacial score (nSPS) is 11.0. The molecule has 0 aliphatic heterocycles. The van der Waals surface area contributed by atoms with Gasteiger partial charge < -0.3 is 5.73 Å². The monoisotopic (exact) mass is 277 g/mol. The summed E-state index contributed by atoms with van der Waals surface area (Å²) in [5, 5.41) is 13.6. The number of aromatic nitrogens is 3. The van der Waals surface area contributed by atoms with Crippen LogP contribution >= 0.6 is 0 Å². The molecule has 2 N–H and O–H groups in total. The van der Waals surface area contributed by atoms with Crippen LogP contribution in [0.25, 0.3) is 16.8 Å². The van der Waals surface area contributed by atoms with E-state index >= 15 is 0 Å². The Bertz CT molecular complexity index is 840. The van der Waals surface area contributed by atoms with E-state index in [4.69, 9.17) is 11.0 Å². The second-order valence-corrected chi connectivity index (χ2v) is 5.19. The molecule has 21 heavy (non-hydrogen) atoms. The molecule has 0 radical (unpaired) electrons. The topological polar surface area (TPSA) is 80.0 Å². The van der Waals surface area contributed by atoms with Gasteiger partial charge >= 0.3 is 0 Å². The highest BCUT2D eigenvalue weighted by Gasteiger charge is 2.20. The van der Waals surface area contributed by atoms with Gasteiger partial charge in [-0.15, -0.1) is 0 Å². The predicted octanol–water partition coefficient (Wildman–Crippen LogP) is 2.97. The summed E-state index contributed by atoms with van der Waals surface area (Å²) in [7, 11) is 0. The summed E-state index contributed by atoms with van der Waals surface area (Å²) < 4.78 is 1.57. The van der Waals surface area contributed by atoms with E-state index in [0.717, 1.165) is 16.8 Å². The number of rotatable bonds is 2. The molecule has 104 valence electrons. The van der Waals surface area contributed by atoms with Gasteiger partial charge in [0.1, 0.15) is 17.5 Å². The zero-order valence-electron chi connectivity index (χ0n) is 11.9. The summed E-state index contributed by atoms with van der Waals surface area (Å²) in [6.07, 6.45) is 1.50. The van der Waals surface area contributed by atoms with Crippen molar-refractivity contribution in [1.29, 1.82) is 5.26 Å². The first kappa shape index (κ1) is 13.1. The molecule has 0 aliphatic rings. The van der Waals surface area contributed by atoms with E-state index < -0.39 is 0 Å². The summed E-state index contributed by atoms with van der Waals surface area (Å²) in [5.41, 5.74) is 9.99. The van der Waals surface area contributed by atoms with Crippen molar-refractivity contribution >= 4 is 11.5 Å². The Morgan fingerprint density at radius 2 is 1.95 bits per heavy atom. The molecule has 0 unspecified atom stereocenters. The van der Waals surface area contributed by atoms with Gasteiger partial charge in [0, 0.05) is 0 Å².